The van der Waals surface area contributed by atoms with E-state index in [-0.39, 0.29) is 0 Å². The monoisotopic (exact) mass is 229 g/mol. The SMILES string of the molecule is CCc1nnc(NC)n1N=Cc1ccccc1. The number of hydrogen-bond donors (Lipinski definition) is 1. The molecule has 0 fully saturated rings. The fraction of sp³-hybridized carbons (Fsp3) is 0.250. The maximum absolute atomic E-state index is 4.38. The van der Waals surface area contributed by atoms with E-state index < -0.39 is 0 Å². The van der Waals surface area contributed by atoms with E-state index in [0.29, 0.717) is 5.95 Å². The first-order valence-electron chi connectivity index (χ1n) is 5.56. The van der Waals surface area contributed by atoms with Gasteiger partial charge in [-0.1, -0.05) is 37.3 Å². The maximum atomic E-state index is 4.38. The molecule has 5 nitrogen and oxygen atoms in total. The van der Waals surface area contributed by atoms with Crippen LogP contribution < -0.4 is 5.32 Å². The number of anilines is 1. The number of aromatic nitrogens is 3. The highest BCUT2D eigenvalue weighted by molar-refractivity contribution is 5.79. The third kappa shape index (κ3) is 2.50. The van der Waals surface area contributed by atoms with Crippen molar-refractivity contribution in [3.05, 3.63) is 41.7 Å². The molecule has 0 atom stereocenters. The minimum atomic E-state index is 0.647. The van der Waals surface area contributed by atoms with Crippen LogP contribution in [0.4, 0.5) is 5.95 Å². The molecule has 0 unspecified atom stereocenters. The van der Waals surface area contributed by atoms with Crippen LogP contribution in [-0.2, 0) is 6.42 Å². The predicted octanol–water partition coefficient (Wildman–Crippen LogP) is 1.76. The van der Waals surface area contributed by atoms with Gasteiger partial charge in [0, 0.05) is 13.5 Å². The molecule has 0 radical (unpaired) electrons. The van der Waals surface area contributed by atoms with Crippen molar-refractivity contribution in [2.24, 2.45) is 5.10 Å². The molecule has 1 N–H and O–H groups in total. The minimum Gasteiger partial charge on any atom is -0.356 e. The van der Waals surface area contributed by atoms with Gasteiger partial charge in [0.25, 0.3) is 0 Å². The minimum absolute atomic E-state index is 0.647. The zero-order valence-corrected chi connectivity index (χ0v) is 9.96. The number of benzene rings is 1. The number of hydrogen-bond acceptors (Lipinski definition) is 4. The lowest BCUT2D eigenvalue weighted by molar-refractivity contribution is 0.792. The summed E-state index contributed by atoms with van der Waals surface area (Å²) in [6, 6.07) is 9.93. The van der Waals surface area contributed by atoms with Crippen molar-refractivity contribution in [3.63, 3.8) is 0 Å². The quantitative estimate of drug-likeness (QED) is 0.813. The Labute approximate surface area is 100 Å². The van der Waals surface area contributed by atoms with Gasteiger partial charge in [-0.3, -0.25) is 0 Å². The zero-order chi connectivity index (χ0) is 12.1. The summed E-state index contributed by atoms with van der Waals surface area (Å²) in [5.41, 5.74) is 1.05. The maximum Gasteiger partial charge on any atom is 0.245 e. The second kappa shape index (κ2) is 5.25. The number of nitrogens with zero attached hydrogens (tertiary/aromatic N) is 4. The second-order valence-electron chi connectivity index (χ2n) is 3.51. The third-order valence-electron chi connectivity index (χ3n) is 2.37. The topological polar surface area (TPSA) is 55.1 Å². The van der Waals surface area contributed by atoms with Crippen molar-refractivity contribution in [1.82, 2.24) is 14.9 Å². The van der Waals surface area contributed by atoms with E-state index in [1.54, 1.807) is 17.9 Å². The Balaban J connectivity index is 2.29. The Hall–Kier alpha value is -2.17. The first kappa shape index (κ1) is 11.3. The summed E-state index contributed by atoms with van der Waals surface area (Å²) < 4.78 is 1.72. The molecule has 17 heavy (non-hydrogen) atoms. The molecule has 88 valence electrons. The molecule has 0 aliphatic rings. The summed E-state index contributed by atoms with van der Waals surface area (Å²) in [5.74, 6) is 1.48. The van der Waals surface area contributed by atoms with Crippen molar-refractivity contribution < 1.29 is 0 Å². The van der Waals surface area contributed by atoms with Crippen LogP contribution >= 0.6 is 0 Å². The van der Waals surface area contributed by atoms with Crippen LogP contribution in [0, 0.1) is 0 Å². The molecule has 2 aromatic rings. The van der Waals surface area contributed by atoms with E-state index in [0.717, 1.165) is 17.8 Å². The fourth-order valence-electron chi connectivity index (χ4n) is 1.47. The molecule has 5 heteroatoms. The number of rotatable bonds is 4. The van der Waals surface area contributed by atoms with E-state index in [9.17, 15) is 0 Å². The van der Waals surface area contributed by atoms with Gasteiger partial charge in [-0.2, -0.15) is 9.78 Å². The molecular formula is C12H15N5. The Kier molecular flexibility index (Phi) is 3.49. The van der Waals surface area contributed by atoms with Crippen molar-refractivity contribution in [2.75, 3.05) is 12.4 Å². The van der Waals surface area contributed by atoms with Crippen LogP contribution in [0.3, 0.4) is 0 Å². The van der Waals surface area contributed by atoms with Gasteiger partial charge in [0.05, 0.1) is 6.21 Å². The Morgan fingerprint density at radius 1 is 1.29 bits per heavy atom. The van der Waals surface area contributed by atoms with Crippen molar-refractivity contribution in [1.29, 1.82) is 0 Å². The molecular weight excluding hydrogens is 214 g/mol. The van der Waals surface area contributed by atoms with Crippen LogP contribution in [0.25, 0.3) is 0 Å². The van der Waals surface area contributed by atoms with E-state index in [1.165, 1.54) is 0 Å². The summed E-state index contributed by atoms with van der Waals surface area (Å²) in [6.45, 7) is 2.03. The fourth-order valence-corrected chi connectivity index (χ4v) is 1.47. The zero-order valence-electron chi connectivity index (χ0n) is 9.96. The molecule has 0 aliphatic heterocycles. The van der Waals surface area contributed by atoms with E-state index in [2.05, 4.69) is 20.6 Å². The Morgan fingerprint density at radius 3 is 2.71 bits per heavy atom. The first-order valence-corrected chi connectivity index (χ1v) is 5.56. The first-order chi connectivity index (χ1) is 8.35. The van der Waals surface area contributed by atoms with Gasteiger partial charge >= 0.3 is 0 Å². The highest BCUT2D eigenvalue weighted by atomic mass is 15.5. The van der Waals surface area contributed by atoms with Crippen molar-refractivity contribution in [3.8, 4) is 0 Å². The molecule has 0 amide bonds. The normalized spacial score (nSPS) is 10.9. The Bertz CT molecular complexity index is 479. The molecule has 1 aromatic heterocycles. The number of nitrogens with one attached hydrogen (secondary N) is 1. The molecule has 0 aliphatic carbocycles. The predicted molar refractivity (Wildman–Crippen MR) is 68.4 cm³/mol. The average molecular weight is 229 g/mol. The molecule has 2 rings (SSSR count). The molecule has 0 saturated heterocycles. The van der Waals surface area contributed by atoms with Gasteiger partial charge in [-0.05, 0) is 5.56 Å². The highest BCUT2D eigenvalue weighted by Gasteiger charge is 2.06. The molecule has 1 heterocycles. The summed E-state index contributed by atoms with van der Waals surface area (Å²) in [6.07, 6.45) is 2.59. The van der Waals surface area contributed by atoms with Gasteiger partial charge in [0.1, 0.15) is 0 Å². The van der Waals surface area contributed by atoms with Gasteiger partial charge in [0.15, 0.2) is 5.82 Å². The van der Waals surface area contributed by atoms with Crippen LogP contribution in [0.15, 0.2) is 35.4 Å². The van der Waals surface area contributed by atoms with E-state index >= 15 is 0 Å². The highest BCUT2D eigenvalue weighted by Crippen LogP contribution is 2.07. The van der Waals surface area contributed by atoms with Gasteiger partial charge in [0.2, 0.25) is 5.95 Å². The largest absolute Gasteiger partial charge is 0.356 e. The summed E-state index contributed by atoms with van der Waals surface area (Å²) in [7, 11) is 1.80. The van der Waals surface area contributed by atoms with Crippen LogP contribution in [0.5, 0.6) is 0 Å². The van der Waals surface area contributed by atoms with E-state index in [1.807, 2.05) is 37.3 Å². The van der Waals surface area contributed by atoms with E-state index in [4.69, 9.17) is 0 Å². The molecule has 0 saturated carbocycles. The van der Waals surface area contributed by atoms with Crippen LogP contribution in [-0.4, -0.2) is 28.1 Å². The third-order valence-corrected chi connectivity index (χ3v) is 2.37. The van der Waals surface area contributed by atoms with Crippen LogP contribution in [0.1, 0.15) is 18.3 Å². The lowest BCUT2D eigenvalue weighted by Gasteiger charge is -2.01. The standard InChI is InChI=1S/C12H15N5/c1-3-11-15-16-12(13-2)17(11)14-9-10-7-5-4-6-8-10/h4-9H,3H2,1-2H3,(H,13,16). The van der Waals surface area contributed by atoms with Crippen molar-refractivity contribution in [2.45, 2.75) is 13.3 Å². The van der Waals surface area contributed by atoms with Crippen molar-refractivity contribution >= 4 is 12.2 Å². The smallest absolute Gasteiger partial charge is 0.245 e. The lowest BCUT2D eigenvalue weighted by Crippen LogP contribution is -2.02. The van der Waals surface area contributed by atoms with Crippen LogP contribution in [0.2, 0.25) is 0 Å². The summed E-state index contributed by atoms with van der Waals surface area (Å²) in [4.78, 5) is 0. The summed E-state index contributed by atoms with van der Waals surface area (Å²) in [5, 5.41) is 15.4. The molecule has 0 bridgehead atoms. The number of aryl methyl sites for hydroxylation is 1. The molecule has 1 aromatic carbocycles. The summed E-state index contributed by atoms with van der Waals surface area (Å²) >= 11 is 0. The second-order valence-corrected chi connectivity index (χ2v) is 3.51. The Morgan fingerprint density at radius 2 is 2.06 bits per heavy atom. The van der Waals surface area contributed by atoms with Gasteiger partial charge in [-0.25, -0.2) is 0 Å². The van der Waals surface area contributed by atoms with Gasteiger partial charge in [-0.15, -0.1) is 10.2 Å². The van der Waals surface area contributed by atoms with Gasteiger partial charge < -0.3 is 5.32 Å². The average Bonchev–Trinajstić information content (AvgIpc) is 2.79. The lowest BCUT2D eigenvalue weighted by atomic mass is 10.2. The molecule has 0 spiro atoms.